The lowest BCUT2D eigenvalue weighted by Gasteiger charge is -2.14. The molecule has 27 heavy (non-hydrogen) atoms. The molecule has 2 N–H and O–H groups in total. The zero-order chi connectivity index (χ0) is 19.2. The van der Waals surface area contributed by atoms with E-state index in [9.17, 15) is 4.79 Å². The minimum Gasteiger partial charge on any atom is -0.489 e. The summed E-state index contributed by atoms with van der Waals surface area (Å²) in [5, 5.41) is 6.54. The number of carbonyl (C=O) groups is 1. The van der Waals surface area contributed by atoms with Gasteiger partial charge in [0, 0.05) is 16.8 Å². The first-order chi connectivity index (χ1) is 13.0. The summed E-state index contributed by atoms with van der Waals surface area (Å²) in [6, 6.07) is 16.1. The summed E-state index contributed by atoms with van der Waals surface area (Å²) in [7, 11) is 0. The summed E-state index contributed by atoms with van der Waals surface area (Å²) in [6.07, 6.45) is 1.33. The van der Waals surface area contributed by atoms with Crippen LogP contribution in [0.25, 0.3) is 0 Å². The van der Waals surface area contributed by atoms with Gasteiger partial charge in [0.15, 0.2) is 0 Å². The predicted molar refractivity (Wildman–Crippen MR) is 107 cm³/mol. The molecule has 0 atom stereocenters. The number of benzene rings is 2. The number of aromatic nitrogens is 2. The Hall–Kier alpha value is -3.12. The maximum atomic E-state index is 12.6. The molecule has 0 unspecified atom stereocenters. The third-order valence-corrected chi connectivity index (χ3v) is 3.73. The molecule has 6 nitrogen and oxygen atoms in total. The molecule has 0 spiro atoms. The van der Waals surface area contributed by atoms with Crippen LogP contribution in [0.4, 0.5) is 17.2 Å². The van der Waals surface area contributed by atoms with E-state index in [1.54, 1.807) is 24.3 Å². The standard InChI is InChI=1S/C20H19ClN4O2/c1-13(2)27-18-9-4-3-8-16(18)25-20(26)17-11-19(23-12-22-17)24-15-7-5-6-14(21)10-15/h3-13H,1-2H3,(H,25,26)(H,22,23,24). The second-order valence-corrected chi connectivity index (χ2v) is 6.48. The molecule has 0 fully saturated rings. The van der Waals surface area contributed by atoms with Gasteiger partial charge in [0.05, 0.1) is 11.8 Å². The van der Waals surface area contributed by atoms with Gasteiger partial charge < -0.3 is 15.4 Å². The van der Waals surface area contributed by atoms with E-state index in [1.807, 2.05) is 44.2 Å². The number of halogens is 1. The molecule has 0 bridgehead atoms. The Morgan fingerprint density at radius 2 is 1.89 bits per heavy atom. The molecule has 0 aliphatic heterocycles. The molecule has 1 aromatic heterocycles. The van der Waals surface area contributed by atoms with Gasteiger partial charge in [-0.3, -0.25) is 4.79 Å². The first-order valence-corrected chi connectivity index (χ1v) is 8.81. The largest absolute Gasteiger partial charge is 0.489 e. The van der Waals surface area contributed by atoms with Crippen LogP contribution in [0.15, 0.2) is 60.9 Å². The maximum Gasteiger partial charge on any atom is 0.274 e. The number of nitrogens with one attached hydrogen (secondary N) is 2. The Morgan fingerprint density at radius 3 is 2.67 bits per heavy atom. The van der Waals surface area contributed by atoms with Crippen molar-refractivity contribution in [3.8, 4) is 5.75 Å². The minimum absolute atomic E-state index is 0.00407. The van der Waals surface area contributed by atoms with E-state index in [-0.39, 0.29) is 17.7 Å². The highest BCUT2D eigenvalue weighted by Gasteiger charge is 2.13. The van der Waals surface area contributed by atoms with Crippen LogP contribution in [0.5, 0.6) is 5.75 Å². The summed E-state index contributed by atoms with van der Waals surface area (Å²) in [6.45, 7) is 3.85. The zero-order valence-electron chi connectivity index (χ0n) is 14.9. The summed E-state index contributed by atoms with van der Waals surface area (Å²) in [4.78, 5) is 20.8. The van der Waals surface area contributed by atoms with E-state index in [0.29, 0.717) is 22.3 Å². The lowest BCUT2D eigenvalue weighted by molar-refractivity contribution is 0.102. The highest BCUT2D eigenvalue weighted by atomic mass is 35.5. The van der Waals surface area contributed by atoms with Gasteiger partial charge in [-0.25, -0.2) is 9.97 Å². The van der Waals surface area contributed by atoms with E-state index < -0.39 is 0 Å². The number of anilines is 3. The molecule has 0 radical (unpaired) electrons. The van der Waals surface area contributed by atoms with Gasteiger partial charge in [0.25, 0.3) is 5.91 Å². The van der Waals surface area contributed by atoms with Crippen LogP contribution >= 0.6 is 11.6 Å². The Kier molecular flexibility index (Phi) is 5.88. The van der Waals surface area contributed by atoms with Gasteiger partial charge >= 0.3 is 0 Å². The average Bonchev–Trinajstić information content (AvgIpc) is 2.63. The van der Waals surface area contributed by atoms with Crippen molar-refractivity contribution >= 4 is 34.7 Å². The number of carbonyl (C=O) groups excluding carboxylic acids is 1. The fraction of sp³-hybridized carbons (Fsp3) is 0.150. The minimum atomic E-state index is -0.355. The molecule has 2 aromatic carbocycles. The summed E-state index contributed by atoms with van der Waals surface area (Å²) >= 11 is 5.99. The van der Waals surface area contributed by atoms with Crippen molar-refractivity contribution in [2.75, 3.05) is 10.6 Å². The highest BCUT2D eigenvalue weighted by Crippen LogP contribution is 2.25. The summed E-state index contributed by atoms with van der Waals surface area (Å²) in [5.74, 6) is 0.739. The first kappa shape index (κ1) is 18.7. The molecular formula is C20H19ClN4O2. The normalized spacial score (nSPS) is 10.5. The quantitative estimate of drug-likeness (QED) is 0.633. The molecule has 0 aliphatic carbocycles. The second kappa shape index (κ2) is 8.51. The number of hydrogen-bond acceptors (Lipinski definition) is 5. The fourth-order valence-electron chi connectivity index (χ4n) is 2.38. The first-order valence-electron chi connectivity index (χ1n) is 8.43. The van der Waals surface area contributed by atoms with Crippen LogP contribution in [0, 0.1) is 0 Å². The SMILES string of the molecule is CC(C)Oc1ccccc1NC(=O)c1cc(Nc2cccc(Cl)c2)ncn1. The third-order valence-electron chi connectivity index (χ3n) is 3.49. The van der Waals surface area contributed by atoms with Crippen molar-refractivity contribution in [2.45, 2.75) is 20.0 Å². The zero-order valence-corrected chi connectivity index (χ0v) is 15.7. The van der Waals surface area contributed by atoms with Crippen molar-refractivity contribution in [2.24, 2.45) is 0 Å². The van der Waals surface area contributed by atoms with Gasteiger partial charge in [-0.15, -0.1) is 0 Å². The molecule has 3 rings (SSSR count). The lowest BCUT2D eigenvalue weighted by atomic mass is 10.2. The molecule has 0 aliphatic rings. The number of ether oxygens (including phenoxy) is 1. The van der Waals surface area contributed by atoms with Crippen LogP contribution in [0.2, 0.25) is 5.02 Å². The van der Waals surface area contributed by atoms with Crippen molar-refractivity contribution in [3.05, 3.63) is 71.6 Å². The Labute approximate surface area is 162 Å². The monoisotopic (exact) mass is 382 g/mol. The number of amides is 1. The van der Waals surface area contributed by atoms with Gasteiger partial charge in [0.1, 0.15) is 23.6 Å². The number of nitrogens with zero attached hydrogens (tertiary/aromatic N) is 2. The Bertz CT molecular complexity index is 947. The molecule has 3 aromatic rings. The van der Waals surface area contributed by atoms with Crippen molar-refractivity contribution in [1.82, 2.24) is 9.97 Å². The molecule has 0 saturated carbocycles. The molecule has 1 amide bonds. The Morgan fingerprint density at radius 1 is 1.07 bits per heavy atom. The van der Waals surface area contributed by atoms with Crippen LogP contribution < -0.4 is 15.4 Å². The fourth-order valence-corrected chi connectivity index (χ4v) is 2.57. The maximum absolute atomic E-state index is 12.6. The van der Waals surface area contributed by atoms with E-state index in [2.05, 4.69) is 20.6 Å². The smallest absolute Gasteiger partial charge is 0.274 e. The van der Waals surface area contributed by atoms with Crippen LogP contribution in [0.3, 0.4) is 0 Å². The molecule has 1 heterocycles. The lowest BCUT2D eigenvalue weighted by Crippen LogP contribution is -2.16. The average molecular weight is 383 g/mol. The molecule has 7 heteroatoms. The highest BCUT2D eigenvalue weighted by molar-refractivity contribution is 6.30. The number of hydrogen-bond donors (Lipinski definition) is 2. The van der Waals surface area contributed by atoms with E-state index in [1.165, 1.54) is 6.33 Å². The summed E-state index contributed by atoms with van der Waals surface area (Å²) < 4.78 is 5.72. The van der Waals surface area contributed by atoms with Gasteiger partial charge in [-0.2, -0.15) is 0 Å². The number of para-hydroxylation sites is 2. The van der Waals surface area contributed by atoms with Gasteiger partial charge in [0.2, 0.25) is 0 Å². The second-order valence-electron chi connectivity index (χ2n) is 6.04. The van der Waals surface area contributed by atoms with Crippen LogP contribution in [-0.2, 0) is 0 Å². The van der Waals surface area contributed by atoms with Crippen molar-refractivity contribution in [1.29, 1.82) is 0 Å². The summed E-state index contributed by atoms with van der Waals surface area (Å²) in [5.41, 5.74) is 1.58. The molecular weight excluding hydrogens is 364 g/mol. The van der Waals surface area contributed by atoms with Crippen molar-refractivity contribution < 1.29 is 9.53 Å². The van der Waals surface area contributed by atoms with Gasteiger partial charge in [-0.1, -0.05) is 29.8 Å². The van der Waals surface area contributed by atoms with E-state index >= 15 is 0 Å². The topological polar surface area (TPSA) is 76.1 Å². The predicted octanol–water partition coefficient (Wildman–Crippen LogP) is 4.91. The Balaban J connectivity index is 1.76. The van der Waals surface area contributed by atoms with E-state index in [0.717, 1.165) is 5.69 Å². The third kappa shape index (κ3) is 5.18. The molecule has 138 valence electrons. The van der Waals surface area contributed by atoms with Crippen molar-refractivity contribution in [3.63, 3.8) is 0 Å². The molecule has 0 saturated heterocycles. The van der Waals surface area contributed by atoms with Crippen LogP contribution in [0.1, 0.15) is 24.3 Å². The van der Waals surface area contributed by atoms with Crippen LogP contribution in [-0.4, -0.2) is 22.0 Å². The van der Waals surface area contributed by atoms with Gasteiger partial charge in [-0.05, 0) is 44.2 Å². The number of rotatable bonds is 6. The van der Waals surface area contributed by atoms with E-state index in [4.69, 9.17) is 16.3 Å².